The number of alkyl halides is 1. The lowest BCUT2D eigenvalue weighted by atomic mass is 10.1. The third kappa shape index (κ3) is 2.55. The monoisotopic (exact) mass is 236 g/mol. The normalized spacial score (nSPS) is 10.6. The highest BCUT2D eigenvalue weighted by molar-refractivity contribution is 6.27. The Morgan fingerprint density at radius 3 is 3.06 bits per heavy atom. The maximum atomic E-state index is 10.9. The van der Waals surface area contributed by atoms with Crippen LogP contribution in [-0.2, 0) is 11.2 Å². The zero-order valence-electron chi connectivity index (χ0n) is 8.79. The number of amides is 1. The van der Waals surface area contributed by atoms with E-state index in [9.17, 15) is 4.79 Å². The van der Waals surface area contributed by atoms with Crippen LogP contribution in [0.15, 0.2) is 30.5 Å². The molecule has 0 atom stereocenters. The first-order valence-electron chi connectivity index (χ1n) is 5.18. The van der Waals surface area contributed by atoms with Crippen LogP contribution in [0.5, 0.6) is 0 Å². The van der Waals surface area contributed by atoms with E-state index in [1.807, 2.05) is 12.3 Å². The van der Waals surface area contributed by atoms with Crippen LogP contribution in [0.25, 0.3) is 10.9 Å². The fourth-order valence-corrected chi connectivity index (χ4v) is 1.74. The van der Waals surface area contributed by atoms with Crippen LogP contribution in [0.1, 0.15) is 5.56 Å². The number of halogens is 1. The Labute approximate surface area is 98.8 Å². The number of aromatic nitrogens is 1. The maximum Gasteiger partial charge on any atom is 0.234 e. The van der Waals surface area contributed by atoms with Gasteiger partial charge in [-0.05, 0) is 29.5 Å². The molecule has 1 heterocycles. The van der Waals surface area contributed by atoms with E-state index in [4.69, 9.17) is 11.6 Å². The standard InChI is InChI=1S/C12H13ClN2O/c13-8-12(16)15-5-3-9-1-2-10-4-6-14-11(10)7-9/h1-2,4,6-7,14H,3,5,8H2,(H,15,16). The zero-order chi connectivity index (χ0) is 11.4. The van der Waals surface area contributed by atoms with Gasteiger partial charge in [-0.25, -0.2) is 0 Å². The van der Waals surface area contributed by atoms with Crippen LogP contribution in [0, 0.1) is 0 Å². The Hall–Kier alpha value is -1.48. The molecule has 2 N–H and O–H groups in total. The summed E-state index contributed by atoms with van der Waals surface area (Å²) in [6, 6.07) is 8.28. The number of nitrogens with one attached hydrogen (secondary N) is 2. The van der Waals surface area contributed by atoms with Gasteiger partial charge in [0.1, 0.15) is 5.88 Å². The Bertz CT molecular complexity index is 492. The van der Waals surface area contributed by atoms with Crippen LogP contribution in [-0.4, -0.2) is 23.3 Å². The lowest BCUT2D eigenvalue weighted by Gasteiger charge is -2.03. The fourth-order valence-electron chi connectivity index (χ4n) is 1.64. The van der Waals surface area contributed by atoms with Crippen LogP contribution < -0.4 is 5.32 Å². The predicted octanol–water partition coefficient (Wildman–Crippen LogP) is 2.07. The van der Waals surface area contributed by atoms with E-state index in [2.05, 4.69) is 28.5 Å². The number of carbonyl (C=O) groups is 1. The van der Waals surface area contributed by atoms with Crippen molar-refractivity contribution in [3.8, 4) is 0 Å². The molecule has 0 spiro atoms. The molecule has 1 amide bonds. The number of carbonyl (C=O) groups excluding carboxylic acids is 1. The number of hydrogen-bond donors (Lipinski definition) is 2. The summed E-state index contributed by atoms with van der Waals surface area (Å²) < 4.78 is 0. The van der Waals surface area contributed by atoms with Gasteiger partial charge in [0.2, 0.25) is 5.91 Å². The molecule has 0 unspecified atom stereocenters. The van der Waals surface area contributed by atoms with Gasteiger partial charge in [-0.1, -0.05) is 12.1 Å². The molecule has 84 valence electrons. The average Bonchev–Trinajstić information content (AvgIpc) is 2.76. The maximum absolute atomic E-state index is 10.9. The predicted molar refractivity (Wildman–Crippen MR) is 65.7 cm³/mol. The molecule has 0 aliphatic heterocycles. The summed E-state index contributed by atoms with van der Waals surface area (Å²) in [6.07, 6.45) is 2.74. The molecule has 16 heavy (non-hydrogen) atoms. The van der Waals surface area contributed by atoms with E-state index in [0.717, 1.165) is 11.9 Å². The van der Waals surface area contributed by atoms with Gasteiger partial charge < -0.3 is 10.3 Å². The van der Waals surface area contributed by atoms with Crippen molar-refractivity contribution in [2.24, 2.45) is 0 Å². The Kier molecular flexibility index (Phi) is 3.47. The summed E-state index contributed by atoms with van der Waals surface area (Å²) >= 11 is 5.38. The Balaban J connectivity index is 1.96. The molecular formula is C12H13ClN2O. The van der Waals surface area contributed by atoms with Crippen molar-refractivity contribution in [1.82, 2.24) is 10.3 Å². The molecule has 0 bridgehead atoms. The quantitative estimate of drug-likeness (QED) is 0.785. The van der Waals surface area contributed by atoms with Gasteiger partial charge in [0.25, 0.3) is 0 Å². The molecule has 0 aliphatic carbocycles. The summed E-state index contributed by atoms with van der Waals surface area (Å²) in [5.74, 6) is -0.0991. The fraction of sp³-hybridized carbons (Fsp3) is 0.250. The first kappa shape index (κ1) is 11.0. The highest BCUT2D eigenvalue weighted by Crippen LogP contribution is 2.14. The summed E-state index contributed by atoms with van der Waals surface area (Å²) in [7, 11) is 0. The van der Waals surface area contributed by atoms with Crippen molar-refractivity contribution in [3.05, 3.63) is 36.0 Å². The number of aromatic amines is 1. The molecular weight excluding hydrogens is 224 g/mol. The van der Waals surface area contributed by atoms with E-state index in [0.29, 0.717) is 6.54 Å². The second-order valence-electron chi connectivity index (χ2n) is 3.63. The zero-order valence-corrected chi connectivity index (χ0v) is 9.55. The van der Waals surface area contributed by atoms with Crippen molar-refractivity contribution in [1.29, 1.82) is 0 Å². The highest BCUT2D eigenvalue weighted by Gasteiger charge is 1.99. The molecule has 0 saturated carbocycles. The van der Waals surface area contributed by atoms with Crippen LogP contribution in [0.3, 0.4) is 0 Å². The topological polar surface area (TPSA) is 44.9 Å². The van der Waals surface area contributed by atoms with Crippen molar-refractivity contribution >= 4 is 28.4 Å². The number of benzene rings is 1. The van der Waals surface area contributed by atoms with Crippen molar-refractivity contribution < 1.29 is 4.79 Å². The van der Waals surface area contributed by atoms with Gasteiger partial charge >= 0.3 is 0 Å². The van der Waals surface area contributed by atoms with Gasteiger partial charge in [-0.2, -0.15) is 0 Å². The largest absolute Gasteiger partial charge is 0.361 e. The minimum Gasteiger partial charge on any atom is -0.361 e. The van der Waals surface area contributed by atoms with Crippen molar-refractivity contribution in [2.75, 3.05) is 12.4 Å². The molecule has 0 fully saturated rings. The van der Waals surface area contributed by atoms with Gasteiger partial charge in [0.15, 0.2) is 0 Å². The number of hydrogen-bond acceptors (Lipinski definition) is 1. The van der Waals surface area contributed by atoms with Crippen LogP contribution >= 0.6 is 11.6 Å². The first-order valence-corrected chi connectivity index (χ1v) is 5.72. The third-order valence-corrected chi connectivity index (χ3v) is 2.72. The van der Waals surface area contributed by atoms with Gasteiger partial charge in [-0.15, -0.1) is 11.6 Å². The lowest BCUT2D eigenvalue weighted by Crippen LogP contribution is -2.26. The van der Waals surface area contributed by atoms with Crippen molar-refractivity contribution in [2.45, 2.75) is 6.42 Å². The second kappa shape index (κ2) is 5.03. The number of fused-ring (bicyclic) bond motifs is 1. The highest BCUT2D eigenvalue weighted by atomic mass is 35.5. The van der Waals surface area contributed by atoms with E-state index >= 15 is 0 Å². The molecule has 0 aliphatic rings. The molecule has 2 aromatic rings. The first-order chi connectivity index (χ1) is 7.79. The van der Waals surface area contributed by atoms with E-state index in [1.54, 1.807) is 0 Å². The van der Waals surface area contributed by atoms with Crippen LogP contribution in [0.2, 0.25) is 0 Å². The molecule has 2 rings (SSSR count). The van der Waals surface area contributed by atoms with Crippen molar-refractivity contribution in [3.63, 3.8) is 0 Å². The van der Waals surface area contributed by atoms with E-state index in [1.165, 1.54) is 10.9 Å². The smallest absolute Gasteiger partial charge is 0.234 e. The molecule has 4 heteroatoms. The minimum atomic E-state index is -0.123. The molecule has 1 aromatic carbocycles. The summed E-state index contributed by atoms with van der Waals surface area (Å²) in [6.45, 7) is 0.623. The van der Waals surface area contributed by atoms with E-state index < -0.39 is 0 Å². The summed E-state index contributed by atoms with van der Waals surface area (Å²) in [5, 5.41) is 3.94. The minimum absolute atomic E-state index is 0.0235. The van der Waals surface area contributed by atoms with Gasteiger partial charge in [0.05, 0.1) is 0 Å². The van der Waals surface area contributed by atoms with E-state index in [-0.39, 0.29) is 11.8 Å². The summed E-state index contributed by atoms with van der Waals surface area (Å²) in [5.41, 5.74) is 2.32. The molecule has 3 nitrogen and oxygen atoms in total. The lowest BCUT2D eigenvalue weighted by molar-refractivity contribution is -0.118. The average molecular weight is 237 g/mol. The molecule has 1 aromatic heterocycles. The SMILES string of the molecule is O=C(CCl)NCCc1ccc2cc[nH]c2c1. The molecule has 0 radical (unpaired) electrons. The third-order valence-electron chi connectivity index (χ3n) is 2.48. The van der Waals surface area contributed by atoms with Gasteiger partial charge in [-0.3, -0.25) is 4.79 Å². The Morgan fingerprint density at radius 2 is 2.25 bits per heavy atom. The van der Waals surface area contributed by atoms with Gasteiger partial charge in [0, 0.05) is 18.3 Å². The van der Waals surface area contributed by atoms with Crippen LogP contribution in [0.4, 0.5) is 0 Å². The number of H-pyrrole nitrogens is 1. The number of rotatable bonds is 4. The Morgan fingerprint density at radius 1 is 1.38 bits per heavy atom. The second-order valence-corrected chi connectivity index (χ2v) is 3.90. The molecule has 0 saturated heterocycles. The summed E-state index contributed by atoms with van der Waals surface area (Å²) in [4.78, 5) is 14.1.